The lowest BCUT2D eigenvalue weighted by Gasteiger charge is -2.00. The SMILES string of the molecule is N=C(N)c1cnc(-n2ccnc2)cn1. The molecule has 0 fully saturated rings. The molecule has 6 heteroatoms. The average molecular weight is 188 g/mol. The van der Waals surface area contributed by atoms with Crippen LogP contribution in [0.5, 0.6) is 0 Å². The van der Waals surface area contributed by atoms with E-state index < -0.39 is 0 Å². The second-order valence-corrected chi connectivity index (χ2v) is 2.64. The minimum absolute atomic E-state index is 0.0883. The smallest absolute Gasteiger partial charge is 0.156 e. The third-order valence-corrected chi connectivity index (χ3v) is 1.68. The van der Waals surface area contributed by atoms with Gasteiger partial charge in [-0.15, -0.1) is 0 Å². The van der Waals surface area contributed by atoms with Gasteiger partial charge in [0.15, 0.2) is 5.82 Å². The van der Waals surface area contributed by atoms with E-state index in [1.165, 1.54) is 6.20 Å². The van der Waals surface area contributed by atoms with Crippen LogP contribution >= 0.6 is 0 Å². The fraction of sp³-hybridized carbons (Fsp3) is 0. The van der Waals surface area contributed by atoms with Crippen molar-refractivity contribution >= 4 is 5.84 Å². The molecule has 0 saturated carbocycles. The number of imidazole rings is 1. The van der Waals surface area contributed by atoms with Crippen molar-refractivity contribution in [1.29, 1.82) is 5.41 Å². The maximum absolute atomic E-state index is 7.14. The Morgan fingerprint density at radius 1 is 1.36 bits per heavy atom. The number of nitrogens with two attached hydrogens (primary N) is 1. The molecule has 0 aromatic carbocycles. The summed E-state index contributed by atoms with van der Waals surface area (Å²) in [5, 5.41) is 7.14. The van der Waals surface area contributed by atoms with Crippen molar-refractivity contribution in [3.63, 3.8) is 0 Å². The predicted octanol–water partition coefficient (Wildman–Crippen LogP) is -0.0536. The molecule has 0 saturated heterocycles. The molecular weight excluding hydrogens is 180 g/mol. The van der Waals surface area contributed by atoms with E-state index in [1.807, 2.05) is 0 Å². The van der Waals surface area contributed by atoms with Crippen LogP contribution in [0.4, 0.5) is 0 Å². The molecule has 70 valence electrons. The topological polar surface area (TPSA) is 93.5 Å². The summed E-state index contributed by atoms with van der Waals surface area (Å²) in [6.07, 6.45) is 8.03. The van der Waals surface area contributed by atoms with Crippen LogP contribution in [-0.2, 0) is 0 Å². The monoisotopic (exact) mass is 188 g/mol. The highest BCUT2D eigenvalue weighted by molar-refractivity contribution is 5.92. The number of hydrogen-bond acceptors (Lipinski definition) is 4. The Bertz CT molecular complexity index is 429. The van der Waals surface area contributed by atoms with Gasteiger partial charge in [-0.3, -0.25) is 9.98 Å². The van der Waals surface area contributed by atoms with E-state index in [4.69, 9.17) is 11.1 Å². The molecule has 0 aliphatic heterocycles. The van der Waals surface area contributed by atoms with Crippen LogP contribution in [0.3, 0.4) is 0 Å². The lowest BCUT2D eigenvalue weighted by molar-refractivity contribution is 0.966. The van der Waals surface area contributed by atoms with Gasteiger partial charge in [-0.1, -0.05) is 0 Å². The highest BCUT2D eigenvalue weighted by Gasteiger charge is 2.00. The lowest BCUT2D eigenvalue weighted by atomic mass is 10.4. The zero-order chi connectivity index (χ0) is 9.97. The third-order valence-electron chi connectivity index (χ3n) is 1.68. The quantitative estimate of drug-likeness (QED) is 0.510. The van der Waals surface area contributed by atoms with Crippen molar-refractivity contribution in [3.05, 3.63) is 36.8 Å². The van der Waals surface area contributed by atoms with Crippen LogP contribution in [0, 0.1) is 5.41 Å². The minimum atomic E-state index is -0.0883. The second kappa shape index (κ2) is 3.25. The van der Waals surface area contributed by atoms with E-state index >= 15 is 0 Å². The summed E-state index contributed by atoms with van der Waals surface area (Å²) in [6.45, 7) is 0. The molecule has 0 radical (unpaired) electrons. The predicted molar refractivity (Wildman–Crippen MR) is 50.2 cm³/mol. The van der Waals surface area contributed by atoms with Gasteiger partial charge < -0.3 is 5.73 Å². The standard InChI is InChI=1S/C8H8N6/c9-8(10)6-3-13-7(4-12-6)14-2-1-11-5-14/h1-5H,(H3,9,10). The Morgan fingerprint density at radius 3 is 2.71 bits per heavy atom. The van der Waals surface area contributed by atoms with Crippen LogP contribution in [0.1, 0.15) is 5.69 Å². The lowest BCUT2D eigenvalue weighted by Crippen LogP contribution is -2.13. The number of aromatic nitrogens is 4. The summed E-state index contributed by atoms with van der Waals surface area (Å²) in [4.78, 5) is 11.9. The van der Waals surface area contributed by atoms with Gasteiger partial charge >= 0.3 is 0 Å². The highest BCUT2D eigenvalue weighted by atomic mass is 15.1. The largest absolute Gasteiger partial charge is 0.382 e. The van der Waals surface area contributed by atoms with Gasteiger partial charge in [0.05, 0.1) is 12.4 Å². The minimum Gasteiger partial charge on any atom is -0.382 e. The number of nitrogen functional groups attached to an aromatic ring is 1. The molecular formula is C8H8N6. The summed E-state index contributed by atoms with van der Waals surface area (Å²) in [5.41, 5.74) is 5.61. The first-order chi connectivity index (χ1) is 6.77. The van der Waals surface area contributed by atoms with Crippen LogP contribution in [-0.4, -0.2) is 25.4 Å². The van der Waals surface area contributed by atoms with Gasteiger partial charge in [-0.05, 0) is 0 Å². The van der Waals surface area contributed by atoms with Gasteiger partial charge in [0, 0.05) is 12.4 Å². The fourth-order valence-electron chi connectivity index (χ4n) is 0.988. The van der Waals surface area contributed by atoms with Gasteiger partial charge in [0.2, 0.25) is 0 Å². The van der Waals surface area contributed by atoms with E-state index in [0.717, 1.165) is 0 Å². The summed E-state index contributed by atoms with van der Waals surface area (Å²) in [6, 6.07) is 0. The van der Waals surface area contributed by atoms with Gasteiger partial charge in [0.25, 0.3) is 0 Å². The first-order valence-corrected chi connectivity index (χ1v) is 3.92. The third kappa shape index (κ3) is 1.45. The molecule has 0 bridgehead atoms. The molecule has 2 heterocycles. The Balaban J connectivity index is 2.36. The maximum Gasteiger partial charge on any atom is 0.156 e. The Morgan fingerprint density at radius 2 is 2.21 bits per heavy atom. The van der Waals surface area contributed by atoms with E-state index in [2.05, 4.69) is 15.0 Å². The molecule has 14 heavy (non-hydrogen) atoms. The van der Waals surface area contributed by atoms with Crippen molar-refractivity contribution < 1.29 is 0 Å². The first kappa shape index (κ1) is 8.36. The average Bonchev–Trinajstić information content (AvgIpc) is 2.71. The van der Waals surface area contributed by atoms with Crippen molar-refractivity contribution in [2.24, 2.45) is 5.73 Å². The van der Waals surface area contributed by atoms with Gasteiger partial charge in [0.1, 0.15) is 17.9 Å². The molecule has 3 N–H and O–H groups in total. The van der Waals surface area contributed by atoms with Crippen molar-refractivity contribution in [1.82, 2.24) is 19.5 Å². The molecule has 2 rings (SSSR count). The second-order valence-electron chi connectivity index (χ2n) is 2.64. The Labute approximate surface area is 80.0 Å². The molecule has 0 atom stereocenters. The summed E-state index contributed by atoms with van der Waals surface area (Å²) >= 11 is 0. The van der Waals surface area contributed by atoms with E-state index in [-0.39, 0.29) is 5.84 Å². The van der Waals surface area contributed by atoms with Crippen molar-refractivity contribution in [2.75, 3.05) is 0 Å². The molecule has 6 nitrogen and oxygen atoms in total. The highest BCUT2D eigenvalue weighted by Crippen LogP contribution is 2.01. The number of rotatable bonds is 2. The van der Waals surface area contributed by atoms with E-state index in [9.17, 15) is 0 Å². The Kier molecular flexibility index (Phi) is 1.94. The van der Waals surface area contributed by atoms with Crippen LogP contribution < -0.4 is 5.73 Å². The number of amidine groups is 1. The molecule has 0 amide bonds. The fourth-order valence-corrected chi connectivity index (χ4v) is 0.988. The molecule has 0 unspecified atom stereocenters. The summed E-state index contributed by atoms with van der Waals surface area (Å²) in [5.74, 6) is 0.558. The van der Waals surface area contributed by atoms with Gasteiger partial charge in [-0.2, -0.15) is 0 Å². The van der Waals surface area contributed by atoms with Crippen molar-refractivity contribution in [3.8, 4) is 5.82 Å². The van der Waals surface area contributed by atoms with Crippen LogP contribution in [0.2, 0.25) is 0 Å². The number of nitrogens with one attached hydrogen (secondary N) is 1. The van der Waals surface area contributed by atoms with Gasteiger partial charge in [-0.25, -0.2) is 15.0 Å². The molecule has 2 aromatic rings. The molecule has 0 aliphatic rings. The normalized spacial score (nSPS) is 10.0. The molecule has 0 aliphatic carbocycles. The molecule has 0 spiro atoms. The summed E-state index contributed by atoms with van der Waals surface area (Å²) in [7, 11) is 0. The Hall–Kier alpha value is -2.24. The zero-order valence-electron chi connectivity index (χ0n) is 7.25. The van der Waals surface area contributed by atoms with E-state index in [1.54, 1.807) is 29.5 Å². The maximum atomic E-state index is 7.14. The number of hydrogen-bond donors (Lipinski definition) is 2. The first-order valence-electron chi connectivity index (χ1n) is 3.92. The summed E-state index contributed by atoms with van der Waals surface area (Å²) < 4.78 is 1.72. The number of nitrogens with zero attached hydrogens (tertiary/aromatic N) is 4. The van der Waals surface area contributed by atoms with Crippen LogP contribution in [0.25, 0.3) is 5.82 Å². The van der Waals surface area contributed by atoms with E-state index in [0.29, 0.717) is 11.5 Å². The van der Waals surface area contributed by atoms with Crippen molar-refractivity contribution in [2.45, 2.75) is 0 Å². The molecule has 2 aromatic heterocycles. The zero-order valence-corrected chi connectivity index (χ0v) is 7.25. The van der Waals surface area contributed by atoms with Crippen LogP contribution in [0.15, 0.2) is 31.1 Å².